The monoisotopic (exact) mass is 272 g/mol. The van der Waals surface area contributed by atoms with E-state index in [-0.39, 0.29) is 18.1 Å². The number of amides is 2. The molecule has 0 bridgehead atoms. The summed E-state index contributed by atoms with van der Waals surface area (Å²) in [7, 11) is 0. The highest BCUT2D eigenvalue weighted by Crippen LogP contribution is 2.10. The van der Waals surface area contributed by atoms with Crippen LogP contribution in [0.25, 0.3) is 0 Å². The average Bonchev–Trinajstić information content (AvgIpc) is 2.37. The molecular formula is C13H24N2O4. The Morgan fingerprint density at radius 1 is 1.47 bits per heavy atom. The number of nitrogens with zero attached hydrogens (tertiary/aromatic N) is 1. The number of carboxylic acid groups (broad SMARTS) is 1. The van der Waals surface area contributed by atoms with Crippen LogP contribution in [-0.4, -0.2) is 53.8 Å². The van der Waals surface area contributed by atoms with Crippen LogP contribution in [0, 0.1) is 5.92 Å². The van der Waals surface area contributed by atoms with E-state index >= 15 is 0 Å². The summed E-state index contributed by atoms with van der Waals surface area (Å²) in [6.07, 6.45) is 1.33. The fraction of sp³-hybridized carbons (Fsp3) is 0.846. The summed E-state index contributed by atoms with van der Waals surface area (Å²) in [5.41, 5.74) is 0. The maximum Gasteiger partial charge on any atom is 0.326 e. The van der Waals surface area contributed by atoms with Crippen LogP contribution in [0.4, 0.5) is 4.79 Å². The Bertz CT molecular complexity index is 320. The number of urea groups is 1. The first-order valence-corrected chi connectivity index (χ1v) is 6.83. The first kappa shape index (κ1) is 15.8. The number of carboxylic acids is 1. The number of ether oxygens (including phenoxy) is 1. The summed E-state index contributed by atoms with van der Waals surface area (Å²) in [6.45, 7) is 7.42. The molecule has 0 aromatic carbocycles. The molecule has 0 aliphatic carbocycles. The smallest absolute Gasteiger partial charge is 0.326 e. The molecule has 1 unspecified atom stereocenters. The molecule has 0 radical (unpaired) electrons. The second-order valence-electron chi connectivity index (χ2n) is 5.32. The van der Waals surface area contributed by atoms with E-state index in [4.69, 9.17) is 9.84 Å². The summed E-state index contributed by atoms with van der Waals surface area (Å²) in [6, 6.07) is -1.13. The van der Waals surface area contributed by atoms with Crippen molar-refractivity contribution in [3.05, 3.63) is 0 Å². The SMILES string of the molecule is CCC1CN(C(=O)N[C@H](CC(C)C)C(=O)O)CCO1. The quantitative estimate of drug-likeness (QED) is 0.791. The molecule has 0 spiro atoms. The third-order valence-electron chi connectivity index (χ3n) is 3.18. The molecule has 0 aromatic heterocycles. The predicted molar refractivity (Wildman–Crippen MR) is 71.0 cm³/mol. The van der Waals surface area contributed by atoms with Gasteiger partial charge in [-0.1, -0.05) is 20.8 Å². The van der Waals surface area contributed by atoms with E-state index in [2.05, 4.69) is 5.32 Å². The van der Waals surface area contributed by atoms with Crippen LogP contribution in [0.5, 0.6) is 0 Å². The number of carbonyl (C=O) groups excluding carboxylic acids is 1. The molecule has 0 saturated carbocycles. The van der Waals surface area contributed by atoms with Gasteiger partial charge in [0.2, 0.25) is 0 Å². The second kappa shape index (κ2) is 7.33. The number of aliphatic carboxylic acids is 1. The first-order valence-electron chi connectivity index (χ1n) is 6.83. The number of rotatable bonds is 5. The zero-order valence-electron chi connectivity index (χ0n) is 11.9. The first-order chi connectivity index (χ1) is 8.93. The average molecular weight is 272 g/mol. The summed E-state index contributed by atoms with van der Waals surface area (Å²) < 4.78 is 5.49. The summed E-state index contributed by atoms with van der Waals surface area (Å²) in [5.74, 6) is -0.767. The zero-order valence-corrected chi connectivity index (χ0v) is 11.9. The van der Waals surface area contributed by atoms with Gasteiger partial charge in [0.05, 0.1) is 12.7 Å². The molecule has 2 N–H and O–H groups in total. The van der Waals surface area contributed by atoms with Crippen molar-refractivity contribution in [3.8, 4) is 0 Å². The highest BCUT2D eigenvalue weighted by molar-refractivity contribution is 5.82. The van der Waals surface area contributed by atoms with E-state index in [1.54, 1.807) is 4.90 Å². The van der Waals surface area contributed by atoms with Gasteiger partial charge in [-0.05, 0) is 18.8 Å². The van der Waals surface area contributed by atoms with Crippen molar-refractivity contribution in [3.63, 3.8) is 0 Å². The second-order valence-corrected chi connectivity index (χ2v) is 5.32. The number of carbonyl (C=O) groups is 2. The highest BCUT2D eigenvalue weighted by Gasteiger charge is 2.27. The molecule has 0 aromatic rings. The Kier molecular flexibility index (Phi) is 6.08. The Labute approximate surface area is 114 Å². The van der Waals surface area contributed by atoms with Crippen LogP contribution in [0.1, 0.15) is 33.6 Å². The minimum atomic E-state index is -0.984. The number of hydrogen-bond donors (Lipinski definition) is 2. The molecule has 2 amide bonds. The minimum Gasteiger partial charge on any atom is -0.480 e. The summed E-state index contributed by atoms with van der Waals surface area (Å²) in [4.78, 5) is 24.8. The molecule has 6 heteroatoms. The van der Waals surface area contributed by atoms with E-state index < -0.39 is 12.0 Å². The van der Waals surface area contributed by atoms with Crippen LogP contribution in [0.3, 0.4) is 0 Å². The normalized spacial score (nSPS) is 21.3. The minimum absolute atomic E-state index is 0.0490. The standard InChI is InChI=1S/C13H24N2O4/c1-4-10-8-15(5-6-19-10)13(18)14-11(12(16)17)7-9(2)3/h9-11H,4-8H2,1-3H3,(H,14,18)(H,16,17)/t10?,11-/m1/s1. The Balaban J connectivity index is 2.53. The lowest BCUT2D eigenvalue weighted by molar-refractivity contribution is -0.139. The van der Waals surface area contributed by atoms with Gasteiger partial charge in [-0.2, -0.15) is 0 Å². The molecule has 1 saturated heterocycles. The third-order valence-corrected chi connectivity index (χ3v) is 3.18. The van der Waals surface area contributed by atoms with Gasteiger partial charge in [0.15, 0.2) is 0 Å². The molecule has 1 rings (SSSR count). The van der Waals surface area contributed by atoms with Crippen molar-refractivity contribution in [2.24, 2.45) is 5.92 Å². The topological polar surface area (TPSA) is 78.9 Å². The maximum absolute atomic E-state index is 12.1. The molecule has 110 valence electrons. The van der Waals surface area contributed by atoms with Gasteiger partial charge in [-0.25, -0.2) is 9.59 Å². The van der Waals surface area contributed by atoms with Gasteiger partial charge in [0.25, 0.3) is 0 Å². The van der Waals surface area contributed by atoms with E-state index in [9.17, 15) is 9.59 Å². The fourth-order valence-corrected chi connectivity index (χ4v) is 2.08. The molecule has 2 atom stereocenters. The Morgan fingerprint density at radius 2 is 2.16 bits per heavy atom. The predicted octanol–water partition coefficient (Wildman–Crippen LogP) is 1.31. The molecule has 1 heterocycles. The molecule has 19 heavy (non-hydrogen) atoms. The molecule has 1 aliphatic heterocycles. The van der Waals surface area contributed by atoms with Crippen molar-refractivity contribution >= 4 is 12.0 Å². The van der Waals surface area contributed by atoms with Crippen LogP contribution in [0.2, 0.25) is 0 Å². The van der Waals surface area contributed by atoms with E-state index in [0.717, 1.165) is 6.42 Å². The van der Waals surface area contributed by atoms with Crippen LogP contribution < -0.4 is 5.32 Å². The van der Waals surface area contributed by atoms with E-state index in [1.165, 1.54) is 0 Å². The lowest BCUT2D eigenvalue weighted by atomic mass is 10.0. The Hall–Kier alpha value is -1.30. The van der Waals surface area contributed by atoms with Crippen LogP contribution in [-0.2, 0) is 9.53 Å². The van der Waals surface area contributed by atoms with Crippen LogP contribution >= 0.6 is 0 Å². The van der Waals surface area contributed by atoms with Crippen molar-refractivity contribution in [2.75, 3.05) is 19.7 Å². The zero-order chi connectivity index (χ0) is 14.4. The van der Waals surface area contributed by atoms with Gasteiger partial charge in [-0.3, -0.25) is 0 Å². The molecule has 6 nitrogen and oxygen atoms in total. The van der Waals surface area contributed by atoms with Crippen molar-refractivity contribution in [1.29, 1.82) is 0 Å². The number of morpholine rings is 1. The number of nitrogens with one attached hydrogen (secondary N) is 1. The van der Waals surface area contributed by atoms with Gasteiger partial charge in [-0.15, -0.1) is 0 Å². The van der Waals surface area contributed by atoms with E-state index in [1.807, 2.05) is 20.8 Å². The van der Waals surface area contributed by atoms with Gasteiger partial charge >= 0.3 is 12.0 Å². The fourth-order valence-electron chi connectivity index (χ4n) is 2.08. The van der Waals surface area contributed by atoms with Gasteiger partial charge in [0, 0.05) is 13.1 Å². The summed E-state index contributed by atoms with van der Waals surface area (Å²) in [5, 5.41) is 11.7. The van der Waals surface area contributed by atoms with Gasteiger partial charge in [0.1, 0.15) is 6.04 Å². The summed E-state index contributed by atoms with van der Waals surface area (Å²) >= 11 is 0. The maximum atomic E-state index is 12.1. The van der Waals surface area contributed by atoms with Crippen molar-refractivity contribution in [2.45, 2.75) is 45.8 Å². The van der Waals surface area contributed by atoms with E-state index in [0.29, 0.717) is 26.1 Å². The lowest BCUT2D eigenvalue weighted by Crippen LogP contribution is -2.53. The Morgan fingerprint density at radius 3 is 2.68 bits per heavy atom. The largest absolute Gasteiger partial charge is 0.480 e. The number of hydrogen-bond acceptors (Lipinski definition) is 3. The molecular weight excluding hydrogens is 248 g/mol. The molecule has 1 fully saturated rings. The van der Waals surface area contributed by atoms with Crippen molar-refractivity contribution < 1.29 is 19.4 Å². The highest BCUT2D eigenvalue weighted by atomic mass is 16.5. The van der Waals surface area contributed by atoms with Crippen molar-refractivity contribution in [1.82, 2.24) is 10.2 Å². The van der Waals surface area contributed by atoms with Crippen LogP contribution in [0.15, 0.2) is 0 Å². The van der Waals surface area contributed by atoms with Gasteiger partial charge < -0.3 is 20.1 Å². The lowest BCUT2D eigenvalue weighted by Gasteiger charge is -2.33. The third kappa shape index (κ3) is 5.06. The molecule has 1 aliphatic rings.